The molecule has 0 bridgehead atoms. The highest BCUT2D eigenvalue weighted by Gasteiger charge is 2.21. The Hall–Kier alpha value is -1.59. The summed E-state index contributed by atoms with van der Waals surface area (Å²) < 4.78 is 4.51. The molecule has 0 aliphatic carbocycles. The van der Waals surface area contributed by atoms with E-state index in [0.717, 1.165) is 6.42 Å². The number of carbonyl (C=O) groups excluding carboxylic acids is 3. The maximum absolute atomic E-state index is 11.9. The van der Waals surface area contributed by atoms with Crippen LogP contribution in [-0.4, -0.2) is 60.9 Å². The molecule has 19 heavy (non-hydrogen) atoms. The van der Waals surface area contributed by atoms with Crippen LogP contribution in [0.3, 0.4) is 0 Å². The molecule has 1 fully saturated rings. The van der Waals surface area contributed by atoms with Gasteiger partial charge in [0.1, 0.15) is 0 Å². The molecule has 0 radical (unpaired) electrons. The van der Waals surface area contributed by atoms with E-state index in [0.29, 0.717) is 32.6 Å². The third-order valence-corrected chi connectivity index (χ3v) is 3.27. The van der Waals surface area contributed by atoms with E-state index in [-0.39, 0.29) is 30.6 Å². The van der Waals surface area contributed by atoms with Gasteiger partial charge in [0, 0.05) is 39.0 Å². The first-order valence-electron chi connectivity index (χ1n) is 6.70. The van der Waals surface area contributed by atoms with Gasteiger partial charge < -0.3 is 14.5 Å². The van der Waals surface area contributed by atoms with Crippen molar-refractivity contribution in [2.75, 3.05) is 33.3 Å². The van der Waals surface area contributed by atoms with Gasteiger partial charge in [0.2, 0.25) is 11.8 Å². The van der Waals surface area contributed by atoms with Crippen molar-refractivity contribution in [3.63, 3.8) is 0 Å². The number of ether oxygens (including phenoxy) is 1. The number of carbonyl (C=O) groups is 3. The molecular weight excluding hydrogens is 248 g/mol. The van der Waals surface area contributed by atoms with Crippen LogP contribution in [-0.2, 0) is 19.1 Å². The number of esters is 1. The standard InChI is InChI=1S/C13H22N2O4/c1-3-11(16)14-7-4-8-15(10-9-14)12(17)5-6-13(18)19-2/h3-10H2,1-2H3. The van der Waals surface area contributed by atoms with E-state index in [1.54, 1.807) is 9.80 Å². The van der Waals surface area contributed by atoms with Crippen molar-refractivity contribution >= 4 is 17.8 Å². The maximum Gasteiger partial charge on any atom is 0.306 e. The Morgan fingerprint density at radius 2 is 1.53 bits per heavy atom. The minimum absolute atomic E-state index is 0.0452. The summed E-state index contributed by atoms with van der Waals surface area (Å²) in [5.74, 6) is -0.286. The highest BCUT2D eigenvalue weighted by Crippen LogP contribution is 2.07. The van der Waals surface area contributed by atoms with Crippen LogP contribution in [0.4, 0.5) is 0 Å². The predicted octanol–water partition coefficient (Wildman–Crippen LogP) is 0.410. The zero-order valence-corrected chi connectivity index (χ0v) is 11.7. The van der Waals surface area contributed by atoms with Crippen LogP contribution in [0, 0.1) is 0 Å². The Morgan fingerprint density at radius 1 is 0.947 bits per heavy atom. The summed E-state index contributed by atoms with van der Waals surface area (Å²) in [5.41, 5.74) is 0. The Bertz CT molecular complexity index is 344. The molecule has 6 nitrogen and oxygen atoms in total. The molecule has 6 heteroatoms. The van der Waals surface area contributed by atoms with Gasteiger partial charge in [0.05, 0.1) is 13.5 Å². The molecule has 2 amide bonds. The molecule has 108 valence electrons. The summed E-state index contributed by atoms with van der Waals surface area (Å²) in [5, 5.41) is 0. The van der Waals surface area contributed by atoms with Crippen molar-refractivity contribution in [1.29, 1.82) is 0 Å². The quantitative estimate of drug-likeness (QED) is 0.694. The lowest BCUT2D eigenvalue weighted by Gasteiger charge is -2.21. The fourth-order valence-corrected chi connectivity index (χ4v) is 2.11. The molecule has 0 atom stereocenters. The van der Waals surface area contributed by atoms with E-state index in [2.05, 4.69) is 4.74 Å². The van der Waals surface area contributed by atoms with E-state index in [1.165, 1.54) is 7.11 Å². The number of amides is 2. The van der Waals surface area contributed by atoms with Crippen LogP contribution in [0.5, 0.6) is 0 Å². The van der Waals surface area contributed by atoms with Crippen molar-refractivity contribution in [1.82, 2.24) is 9.80 Å². The zero-order valence-electron chi connectivity index (χ0n) is 11.7. The predicted molar refractivity (Wildman–Crippen MR) is 69.3 cm³/mol. The fourth-order valence-electron chi connectivity index (χ4n) is 2.11. The molecule has 0 N–H and O–H groups in total. The first-order chi connectivity index (χ1) is 9.08. The van der Waals surface area contributed by atoms with Gasteiger partial charge in [-0.3, -0.25) is 14.4 Å². The molecule has 0 saturated carbocycles. The van der Waals surface area contributed by atoms with Crippen molar-refractivity contribution in [2.45, 2.75) is 32.6 Å². The first kappa shape index (κ1) is 15.5. The van der Waals surface area contributed by atoms with E-state index in [1.807, 2.05) is 6.92 Å². The molecule has 1 heterocycles. The highest BCUT2D eigenvalue weighted by molar-refractivity contribution is 5.81. The summed E-state index contributed by atoms with van der Waals surface area (Å²) in [6.07, 6.45) is 1.57. The van der Waals surface area contributed by atoms with Crippen LogP contribution in [0.25, 0.3) is 0 Å². The molecule has 0 aromatic heterocycles. The van der Waals surface area contributed by atoms with Gasteiger partial charge in [0.25, 0.3) is 0 Å². The molecule has 1 aliphatic heterocycles. The van der Waals surface area contributed by atoms with Gasteiger partial charge in [-0.2, -0.15) is 0 Å². The van der Waals surface area contributed by atoms with Crippen LogP contribution in [0.1, 0.15) is 32.6 Å². The van der Waals surface area contributed by atoms with Crippen LogP contribution >= 0.6 is 0 Å². The number of methoxy groups -OCH3 is 1. The normalized spacial score (nSPS) is 15.9. The number of hydrogen-bond acceptors (Lipinski definition) is 4. The molecule has 1 saturated heterocycles. The van der Waals surface area contributed by atoms with Gasteiger partial charge in [-0.15, -0.1) is 0 Å². The van der Waals surface area contributed by atoms with Crippen molar-refractivity contribution in [3.05, 3.63) is 0 Å². The van der Waals surface area contributed by atoms with E-state index >= 15 is 0 Å². The lowest BCUT2D eigenvalue weighted by Crippen LogP contribution is -2.37. The third kappa shape index (κ3) is 4.89. The maximum atomic E-state index is 11.9. The highest BCUT2D eigenvalue weighted by atomic mass is 16.5. The van der Waals surface area contributed by atoms with Gasteiger partial charge in [0.15, 0.2) is 0 Å². The molecule has 0 aromatic carbocycles. The average Bonchev–Trinajstić information content (AvgIpc) is 2.69. The second-order valence-corrected chi connectivity index (χ2v) is 4.54. The second-order valence-electron chi connectivity index (χ2n) is 4.54. The second kappa shape index (κ2) is 7.76. The number of rotatable bonds is 4. The van der Waals surface area contributed by atoms with Crippen LogP contribution in [0.15, 0.2) is 0 Å². The van der Waals surface area contributed by atoms with E-state index in [4.69, 9.17) is 0 Å². The number of nitrogens with zero attached hydrogens (tertiary/aromatic N) is 2. The van der Waals surface area contributed by atoms with E-state index in [9.17, 15) is 14.4 Å². The molecule has 1 aliphatic rings. The van der Waals surface area contributed by atoms with Gasteiger partial charge in [-0.1, -0.05) is 6.92 Å². The third-order valence-electron chi connectivity index (χ3n) is 3.27. The SMILES string of the molecule is CCC(=O)N1CCCN(C(=O)CCC(=O)OC)CC1. The van der Waals surface area contributed by atoms with Crippen molar-refractivity contribution < 1.29 is 19.1 Å². The minimum atomic E-state index is -0.369. The summed E-state index contributed by atoms with van der Waals surface area (Å²) >= 11 is 0. The average molecular weight is 270 g/mol. The van der Waals surface area contributed by atoms with Crippen LogP contribution < -0.4 is 0 Å². The lowest BCUT2D eigenvalue weighted by atomic mass is 10.2. The minimum Gasteiger partial charge on any atom is -0.469 e. The van der Waals surface area contributed by atoms with E-state index < -0.39 is 0 Å². The monoisotopic (exact) mass is 270 g/mol. The Balaban J connectivity index is 2.41. The van der Waals surface area contributed by atoms with Gasteiger partial charge in [-0.05, 0) is 6.42 Å². The Labute approximate surface area is 113 Å². The summed E-state index contributed by atoms with van der Waals surface area (Å²) in [4.78, 5) is 38.1. The molecule has 0 unspecified atom stereocenters. The summed E-state index contributed by atoms with van der Waals surface area (Å²) in [6, 6.07) is 0. The van der Waals surface area contributed by atoms with Crippen molar-refractivity contribution in [2.24, 2.45) is 0 Å². The molecule has 1 rings (SSSR count). The first-order valence-corrected chi connectivity index (χ1v) is 6.70. The van der Waals surface area contributed by atoms with Gasteiger partial charge >= 0.3 is 5.97 Å². The fraction of sp³-hybridized carbons (Fsp3) is 0.769. The number of hydrogen-bond donors (Lipinski definition) is 0. The summed E-state index contributed by atoms with van der Waals surface area (Å²) in [7, 11) is 1.31. The topological polar surface area (TPSA) is 66.9 Å². The summed E-state index contributed by atoms with van der Waals surface area (Å²) in [6.45, 7) is 4.32. The smallest absolute Gasteiger partial charge is 0.306 e. The Kier molecular flexibility index (Phi) is 6.32. The largest absolute Gasteiger partial charge is 0.469 e. The van der Waals surface area contributed by atoms with Gasteiger partial charge in [-0.25, -0.2) is 0 Å². The zero-order chi connectivity index (χ0) is 14.3. The molecular formula is C13H22N2O4. The molecule has 0 spiro atoms. The van der Waals surface area contributed by atoms with Crippen LogP contribution in [0.2, 0.25) is 0 Å². The lowest BCUT2D eigenvalue weighted by molar-refractivity contribution is -0.143. The van der Waals surface area contributed by atoms with Crippen molar-refractivity contribution in [3.8, 4) is 0 Å². The molecule has 0 aromatic rings. The Morgan fingerprint density at radius 3 is 2.05 bits per heavy atom.